The highest BCUT2D eigenvalue weighted by Gasteiger charge is 2.24. The van der Waals surface area contributed by atoms with Gasteiger partial charge in [0.2, 0.25) is 5.88 Å². The third-order valence-electron chi connectivity index (χ3n) is 3.98. The van der Waals surface area contributed by atoms with Crippen LogP contribution in [-0.4, -0.2) is 28.9 Å². The van der Waals surface area contributed by atoms with Crippen LogP contribution in [0.25, 0.3) is 22.0 Å². The second-order valence-corrected chi connectivity index (χ2v) is 5.44. The molecular formula is C18H17N3O3. The van der Waals surface area contributed by atoms with E-state index in [-0.39, 0.29) is 0 Å². The van der Waals surface area contributed by atoms with Crippen molar-refractivity contribution in [2.75, 3.05) is 7.11 Å². The first kappa shape index (κ1) is 15.7. The molecule has 0 fully saturated rings. The lowest BCUT2D eigenvalue weighted by molar-refractivity contribution is -0.110. The summed E-state index contributed by atoms with van der Waals surface area (Å²) >= 11 is 0. The van der Waals surface area contributed by atoms with E-state index in [1.54, 1.807) is 23.8 Å². The van der Waals surface area contributed by atoms with Crippen molar-refractivity contribution >= 4 is 23.1 Å². The van der Waals surface area contributed by atoms with E-state index in [0.29, 0.717) is 17.1 Å². The highest BCUT2D eigenvalue weighted by molar-refractivity contribution is 6.10. The van der Waals surface area contributed by atoms with E-state index in [1.165, 1.54) is 7.11 Å². The van der Waals surface area contributed by atoms with Gasteiger partial charge < -0.3 is 19.8 Å². The van der Waals surface area contributed by atoms with E-state index in [1.807, 2.05) is 30.3 Å². The molecule has 0 aliphatic carbocycles. The Labute approximate surface area is 138 Å². The molecule has 2 heterocycles. The number of hydrogen-bond donors (Lipinski definition) is 1. The molecule has 0 saturated heterocycles. The maximum Gasteiger partial charge on any atom is 0.266 e. The highest BCUT2D eigenvalue weighted by atomic mass is 16.5. The van der Waals surface area contributed by atoms with Crippen LogP contribution in [0.2, 0.25) is 0 Å². The Bertz CT molecular complexity index is 913. The second-order valence-electron chi connectivity index (χ2n) is 5.44. The maximum absolute atomic E-state index is 12.2. The Balaban J connectivity index is 2.39. The fraction of sp³-hybridized carbons (Fsp3) is 0.167. The zero-order valence-electron chi connectivity index (χ0n) is 13.4. The van der Waals surface area contributed by atoms with Crippen LogP contribution in [0.3, 0.4) is 0 Å². The SMILES string of the molecule is COc1ccc(-c2c(C(N)=O)n(C(C)C=O)c3ccccc23)cn1. The minimum absolute atomic E-state index is 0.294. The number of ether oxygens (including phenoxy) is 1. The molecule has 0 spiro atoms. The largest absolute Gasteiger partial charge is 0.481 e. The molecule has 122 valence electrons. The number of aldehydes is 1. The quantitative estimate of drug-likeness (QED) is 0.731. The third-order valence-corrected chi connectivity index (χ3v) is 3.98. The summed E-state index contributed by atoms with van der Waals surface area (Å²) in [7, 11) is 1.54. The van der Waals surface area contributed by atoms with Gasteiger partial charge in [0, 0.05) is 34.3 Å². The Morgan fingerprint density at radius 3 is 2.62 bits per heavy atom. The lowest BCUT2D eigenvalue weighted by Gasteiger charge is -2.12. The van der Waals surface area contributed by atoms with E-state index in [2.05, 4.69) is 4.98 Å². The number of rotatable bonds is 5. The smallest absolute Gasteiger partial charge is 0.266 e. The van der Waals surface area contributed by atoms with Crippen LogP contribution in [0, 0.1) is 0 Å². The number of fused-ring (bicyclic) bond motifs is 1. The average Bonchev–Trinajstić information content (AvgIpc) is 2.96. The molecule has 1 aromatic carbocycles. The van der Waals surface area contributed by atoms with Crippen molar-refractivity contribution in [2.45, 2.75) is 13.0 Å². The standard InChI is InChI=1S/C18H17N3O3/c1-11(10-22)21-14-6-4-3-5-13(14)16(17(21)18(19)23)12-7-8-15(24-2)20-9-12/h3-11H,1-2H3,(H2,19,23). The molecule has 2 N–H and O–H groups in total. The summed E-state index contributed by atoms with van der Waals surface area (Å²) in [5.74, 6) is -0.116. The monoisotopic (exact) mass is 323 g/mol. The molecule has 6 nitrogen and oxygen atoms in total. The molecule has 1 unspecified atom stereocenters. The van der Waals surface area contributed by atoms with Crippen LogP contribution in [0.1, 0.15) is 23.5 Å². The number of methoxy groups -OCH3 is 1. The van der Waals surface area contributed by atoms with Gasteiger partial charge in [-0.1, -0.05) is 18.2 Å². The van der Waals surface area contributed by atoms with Crippen LogP contribution in [0.15, 0.2) is 42.6 Å². The van der Waals surface area contributed by atoms with Crippen LogP contribution in [-0.2, 0) is 4.79 Å². The van der Waals surface area contributed by atoms with Crippen LogP contribution in [0.5, 0.6) is 5.88 Å². The predicted octanol–water partition coefficient (Wildman–Crippen LogP) is 2.57. The Hall–Kier alpha value is -3.15. The minimum atomic E-state index is -0.592. The van der Waals surface area contributed by atoms with E-state index in [4.69, 9.17) is 10.5 Å². The van der Waals surface area contributed by atoms with Crippen molar-refractivity contribution in [3.8, 4) is 17.0 Å². The minimum Gasteiger partial charge on any atom is -0.481 e. The van der Waals surface area contributed by atoms with Crippen LogP contribution >= 0.6 is 0 Å². The third kappa shape index (κ3) is 2.42. The highest BCUT2D eigenvalue weighted by Crippen LogP contribution is 2.36. The number of hydrogen-bond acceptors (Lipinski definition) is 4. The van der Waals surface area contributed by atoms with E-state index in [0.717, 1.165) is 22.8 Å². The lowest BCUT2D eigenvalue weighted by Crippen LogP contribution is -2.20. The second kappa shape index (κ2) is 6.16. The summed E-state index contributed by atoms with van der Waals surface area (Å²) in [5.41, 5.74) is 8.12. The summed E-state index contributed by atoms with van der Waals surface area (Å²) in [4.78, 5) is 27.7. The van der Waals surface area contributed by atoms with Gasteiger partial charge in [0.15, 0.2) is 0 Å². The van der Waals surface area contributed by atoms with Gasteiger partial charge in [-0.15, -0.1) is 0 Å². The van der Waals surface area contributed by atoms with Gasteiger partial charge in [-0.2, -0.15) is 0 Å². The molecular weight excluding hydrogens is 306 g/mol. The van der Waals surface area contributed by atoms with Crippen molar-refractivity contribution in [1.29, 1.82) is 0 Å². The molecule has 0 saturated carbocycles. The van der Waals surface area contributed by atoms with E-state index < -0.39 is 11.9 Å². The molecule has 0 bridgehead atoms. The summed E-state index contributed by atoms with van der Waals surface area (Å²) < 4.78 is 6.75. The Morgan fingerprint density at radius 2 is 2.04 bits per heavy atom. The summed E-state index contributed by atoms with van der Waals surface area (Å²) in [6.07, 6.45) is 2.41. The van der Waals surface area contributed by atoms with Crippen LogP contribution in [0.4, 0.5) is 0 Å². The summed E-state index contributed by atoms with van der Waals surface area (Å²) in [6.45, 7) is 1.72. The molecule has 0 radical (unpaired) electrons. The van der Waals surface area contributed by atoms with E-state index in [9.17, 15) is 9.59 Å². The number of carbonyl (C=O) groups is 2. The number of amides is 1. The normalized spacial score (nSPS) is 12.1. The average molecular weight is 323 g/mol. The molecule has 2 aromatic heterocycles. The number of nitrogens with zero attached hydrogens (tertiary/aromatic N) is 2. The predicted molar refractivity (Wildman–Crippen MR) is 91.0 cm³/mol. The van der Waals surface area contributed by atoms with Crippen molar-refractivity contribution < 1.29 is 14.3 Å². The first-order valence-electron chi connectivity index (χ1n) is 7.47. The van der Waals surface area contributed by atoms with Gasteiger partial charge in [0.05, 0.1) is 13.2 Å². The molecule has 3 aromatic rings. The topological polar surface area (TPSA) is 87.2 Å². The summed E-state index contributed by atoms with van der Waals surface area (Å²) in [6, 6.07) is 10.5. The number of benzene rings is 1. The number of carbonyl (C=O) groups excluding carboxylic acids is 2. The molecule has 24 heavy (non-hydrogen) atoms. The lowest BCUT2D eigenvalue weighted by atomic mass is 10.0. The van der Waals surface area contributed by atoms with Gasteiger partial charge in [-0.05, 0) is 19.1 Å². The van der Waals surface area contributed by atoms with Crippen molar-refractivity contribution in [1.82, 2.24) is 9.55 Å². The first-order valence-corrected chi connectivity index (χ1v) is 7.47. The van der Waals surface area contributed by atoms with Gasteiger partial charge >= 0.3 is 0 Å². The van der Waals surface area contributed by atoms with Gasteiger partial charge in [-0.3, -0.25) is 4.79 Å². The zero-order valence-corrected chi connectivity index (χ0v) is 13.4. The maximum atomic E-state index is 12.2. The van der Waals surface area contributed by atoms with Crippen molar-refractivity contribution in [3.63, 3.8) is 0 Å². The number of aromatic nitrogens is 2. The Morgan fingerprint density at radius 1 is 1.29 bits per heavy atom. The van der Waals surface area contributed by atoms with E-state index >= 15 is 0 Å². The Kier molecular flexibility index (Phi) is 4.04. The molecule has 6 heteroatoms. The van der Waals surface area contributed by atoms with Gasteiger partial charge in [0.1, 0.15) is 12.0 Å². The number of para-hydroxylation sites is 1. The number of primary amides is 1. The van der Waals surface area contributed by atoms with Crippen LogP contribution < -0.4 is 10.5 Å². The van der Waals surface area contributed by atoms with Crippen molar-refractivity contribution in [2.24, 2.45) is 5.73 Å². The summed E-state index contributed by atoms with van der Waals surface area (Å²) in [5, 5.41) is 0.840. The fourth-order valence-electron chi connectivity index (χ4n) is 2.93. The first-order chi connectivity index (χ1) is 11.6. The molecule has 0 aliphatic rings. The van der Waals surface area contributed by atoms with Gasteiger partial charge in [-0.25, -0.2) is 4.98 Å². The molecule has 0 aliphatic heterocycles. The number of nitrogens with two attached hydrogens (primary N) is 1. The number of pyridine rings is 1. The van der Waals surface area contributed by atoms with Crippen molar-refractivity contribution in [3.05, 3.63) is 48.3 Å². The fourth-order valence-corrected chi connectivity index (χ4v) is 2.93. The molecule has 1 amide bonds. The zero-order chi connectivity index (χ0) is 17.3. The molecule has 3 rings (SSSR count). The van der Waals surface area contributed by atoms with Gasteiger partial charge in [0.25, 0.3) is 5.91 Å². The molecule has 1 atom stereocenters.